The van der Waals surface area contributed by atoms with Gasteiger partial charge in [-0.25, -0.2) is 4.98 Å². The van der Waals surface area contributed by atoms with Gasteiger partial charge in [0.05, 0.1) is 38.9 Å². The van der Waals surface area contributed by atoms with Crippen molar-refractivity contribution in [2.45, 2.75) is 45.6 Å². The van der Waals surface area contributed by atoms with E-state index < -0.39 is 0 Å². The molecule has 1 saturated carbocycles. The molecule has 10 heteroatoms. The predicted octanol–water partition coefficient (Wildman–Crippen LogP) is 5.09. The molecule has 0 bridgehead atoms. The highest BCUT2D eigenvalue weighted by molar-refractivity contribution is 6.39. The van der Waals surface area contributed by atoms with Gasteiger partial charge in [0, 0.05) is 31.5 Å². The molecule has 1 amide bonds. The van der Waals surface area contributed by atoms with Gasteiger partial charge in [0.1, 0.15) is 12.4 Å². The van der Waals surface area contributed by atoms with Gasteiger partial charge in [-0.2, -0.15) is 0 Å². The number of ether oxygens (including phenoxy) is 1. The van der Waals surface area contributed by atoms with Crippen molar-refractivity contribution in [2.75, 3.05) is 18.5 Å². The Hall–Kier alpha value is -2.55. The molecular formula is C24H29Cl2N5O3. The van der Waals surface area contributed by atoms with Crippen molar-refractivity contribution in [3.8, 4) is 5.75 Å². The van der Waals surface area contributed by atoms with Crippen molar-refractivity contribution in [3.05, 3.63) is 40.1 Å². The van der Waals surface area contributed by atoms with E-state index in [1.807, 2.05) is 11.6 Å². The number of aromatic nitrogens is 3. The number of anilines is 2. The van der Waals surface area contributed by atoms with Gasteiger partial charge in [-0.05, 0) is 37.2 Å². The molecule has 0 aliphatic heterocycles. The first-order valence-electron chi connectivity index (χ1n) is 11.3. The van der Waals surface area contributed by atoms with Gasteiger partial charge in [0.2, 0.25) is 5.95 Å². The summed E-state index contributed by atoms with van der Waals surface area (Å²) in [6.07, 6.45) is 7.01. The second-order valence-corrected chi connectivity index (χ2v) is 10.2. The highest BCUT2D eigenvalue weighted by atomic mass is 35.5. The molecule has 182 valence electrons. The monoisotopic (exact) mass is 505 g/mol. The third-order valence-electron chi connectivity index (χ3n) is 6.34. The fraction of sp³-hybridized carbons (Fsp3) is 0.458. The lowest BCUT2D eigenvalue weighted by atomic mass is 9.75. The van der Waals surface area contributed by atoms with E-state index in [0.717, 1.165) is 31.2 Å². The number of fused-ring (bicyclic) bond motifs is 1. The number of nitrogens with zero attached hydrogens (tertiary/aromatic N) is 3. The van der Waals surface area contributed by atoms with Crippen molar-refractivity contribution in [3.63, 3.8) is 0 Å². The molecule has 34 heavy (non-hydrogen) atoms. The number of hydrogen-bond acceptors (Lipinski definition) is 6. The maximum Gasteiger partial charge on any atom is 0.255 e. The van der Waals surface area contributed by atoms with Crippen LogP contribution in [0, 0.1) is 5.41 Å². The molecule has 3 aromatic rings. The minimum absolute atomic E-state index is 0.0780. The first-order valence-corrected chi connectivity index (χ1v) is 12.0. The van der Waals surface area contributed by atoms with E-state index in [0.29, 0.717) is 43.9 Å². The molecule has 1 aliphatic rings. The van der Waals surface area contributed by atoms with Crippen LogP contribution in [0.1, 0.15) is 49.9 Å². The standard InChI is InChI=1S/C24H29Cl2N5O3/c1-24(2)6-4-14(5-7-24)28-22(33)15-10-18-19(11-20(15)34-9-8-32)31(3)23(29-18)30-21-16(25)12-27-13-17(21)26/h10-14,32H,4-9H2,1-3H3,(H,28,33)(H,27,29,30). The van der Waals surface area contributed by atoms with Crippen molar-refractivity contribution < 1.29 is 14.6 Å². The van der Waals surface area contributed by atoms with E-state index >= 15 is 0 Å². The SMILES string of the molecule is Cn1c(Nc2c(Cl)cncc2Cl)nc2cc(C(=O)NC3CCC(C)(C)CC3)c(OCCO)cc21. The average Bonchev–Trinajstić information content (AvgIpc) is 3.10. The van der Waals surface area contributed by atoms with E-state index in [4.69, 9.17) is 27.9 Å². The first kappa shape index (κ1) is 24.6. The number of hydrogen-bond donors (Lipinski definition) is 3. The van der Waals surface area contributed by atoms with E-state index in [1.54, 1.807) is 12.1 Å². The maximum atomic E-state index is 13.2. The van der Waals surface area contributed by atoms with Crippen LogP contribution in [-0.4, -0.2) is 44.8 Å². The Labute approximate surface area is 208 Å². The van der Waals surface area contributed by atoms with Gasteiger partial charge in [-0.3, -0.25) is 9.78 Å². The molecule has 2 heterocycles. The topological polar surface area (TPSA) is 101 Å². The lowest BCUT2D eigenvalue weighted by Gasteiger charge is -2.34. The largest absolute Gasteiger partial charge is 0.490 e. The van der Waals surface area contributed by atoms with E-state index in [9.17, 15) is 9.90 Å². The number of amides is 1. The summed E-state index contributed by atoms with van der Waals surface area (Å²) in [6, 6.07) is 3.60. The number of aliphatic hydroxyl groups is 1. The number of aryl methyl sites for hydroxylation is 1. The number of rotatable bonds is 7. The van der Waals surface area contributed by atoms with Crippen LogP contribution in [0.4, 0.5) is 11.6 Å². The summed E-state index contributed by atoms with van der Waals surface area (Å²) in [5, 5.41) is 16.3. The molecule has 1 aromatic carbocycles. The van der Waals surface area contributed by atoms with Gasteiger partial charge in [0.25, 0.3) is 5.91 Å². The number of aliphatic hydroxyl groups excluding tert-OH is 1. The molecule has 0 radical (unpaired) electrons. The van der Waals surface area contributed by atoms with Crippen LogP contribution in [0.3, 0.4) is 0 Å². The Morgan fingerprint density at radius 2 is 1.91 bits per heavy atom. The number of pyridine rings is 1. The van der Waals surface area contributed by atoms with Crippen molar-refractivity contribution in [2.24, 2.45) is 12.5 Å². The molecule has 2 aromatic heterocycles. The van der Waals surface area contributed by atoms with E-state index in [1.165, 1.54) is 12.4 Å². The van der Waals surface area contributed by atoms with Gasteiger partial charge >= 0.3 is 0 Å². The molecule has 1 fully saturated rings. The lowest BCUT2D eigenvalue weighted by molar-refractivity contribution is 0.0903. The van der Waals surface area contributed by atoms with Crippen LogP contribution < -0.4 is 15.4 Å². The second-order valence-electron chi connectivity index (χ2n) is 9.42. The highest BCUT2D eigenvalue weighted by Crippen LogP contribution is 2.36. The average molecular weight is 506 g/mol. The predicted molar refractivity (Wildman–Crippen MR) is 134 cm³/mol. The molecule has 4 rings (SSSR count). The molecule has 0 spiro atoms. The van der Waals surface area contributed by atoms with Gasteiger partial charge in [-0.15, -0.1) is 0 Å². The van der Waals surface area contributed by atoms with Crippen LogP contribution in [0.15, 0.2) is 24.5 Å². The Morgan fingerprint density at radius 1 is 1.24 bits per heavy atom. The zero-order chi connectivity index (χ0) is 24.5. The third kappa shape index (κ3) is 5.24. The van der Waals surface area contributed by atoms with Gasteiger partial charge in [-0.1, -0.05) is 37.0 Å². The number of carbonyl (C=O) groups excluding carboxylic acids is 1. The number of nitrogens with one attached hydrogen (secondary N) is 2. The third-order valence-corrected chi connectivity index (χ3v) is 6.91. The summed E-state index contributed by atoms with van der Waals surface area (Å²) in [7, 11) is 1.83. The Kier molecular flexibility index (Phi) is 7.21. The summed E-state index contributed by atoms with van der Waals surface area (Å²) in [4.78, 5) is 21.8. The smallest absolute Gasteiger partial charge is 0.255 e. The zero-order valence-electron chi connectivity index (χ0n) is 19.5. The van der Waals surface area contributed by atoms with E-state index in [-0.39, 0.29) is 25.2 Å². The fourth-order valence-electron chi connectivity index (χ4n) is 4.23. The normalized spacial score (nSPS) is 15.9. The summed E-state index contributed by atoms with van der Waals surface area (Å²) in [5.41, 5.74) is 2.54. The summed E-state index contributed by atoms with van der Waals surface area (Å²) in [6.45, 7) is 4.44. The molecule has 0 unspecified atom stereocenters. The quantitative estimate of drug-likeness (QED) is 0.413. The van der Waals surface area contributed by atoms with Crippen LogP contribution in [-0.2, 0) is 7.05 Å². The summed E-state index contributed by atoms with van der Waals surface area (Å²) in [5.74, 6) is 0.676. The Balaban J connectivity index is 1.65. The number of benzene rings is 1. The second kappa shape index (κ2) is 9.98. The van der Waals surface area contributed by atoms with Crippen LogP contribution in [0.2, 0.25) is 10.0 Å². The van der Waals surface area contributed by atoms with Gasteiger partial charge < -0.3 is 25.0 Å². The molecule has 0 saturated heterocycles. The maximum absolute atomic E-state index is 13.2. The Morgan fingerprint density at radius 3 is 2.56 bits per heavy atom. The minimum atomic E-state index is -0.208. The summed E-state index contributed by atoms with van der Waals surface area (Å²) >= 11 is 12.5. The van der Waals surface area contributed by atoms with Crippen molar-refractivity contribution >= 4 is 51.8 Å². The van der Waals surface area contributed by atoms with E-state index in [2.05, 4.69) is 34.4 Å². The minimum Gasteiger partial charge on any atom is -0.490 e. The number of carbonyl (C=O) groups is 1. The first-order chi connectivity index (χ1) is 16.2. The molecule has 8 nitrogen and oxygen atoms in total. The fourth-order valence-corrected chi connectivity index (χ4v) is 4.69. The molecule has 3 N–H and O–H groups in total. The number of halogens is 2. The molecular weight excluding hydrogens is 477 g/mol. The van der Waals surface area contributed by atoms with Crippen LogP contribution in [0.5, 0.6) is 5.75 Å². The lowest BCUT2D eigenvalue weighted by Crippen LogP contribution is -2.39. The van der Waals surface area contributed by atoms with Crippen molar-refractivity contribution in [1.29, 1.82) is 0 Å². The van der Waals surface area contributed by atoms with Gasteiger partial charge in [0.15, 0.2) is 0 Å². The molecule has 0 atom stereocenters. The molecule has 1 aliphatic carbocycles. The number of imidazole rings is 1. The highest BCUT2D eigenvalue weighted by Gasteiger charge is 2.28. The van der Waals surface area contributed by atoms with Crippen molar-refractivity contribution in [1.82, 2.24) is 19.9 Å². The summed E-state index contributed by atoms with van der Waals surface area (Å²) < 4.78 is 7.55. The zero-order valence-corrected chi connectivity index (χ0v) is 21.0. The van der Waals surface area contributed by atoms with Crippen LogP contribution >= 0.6 is 23.2 Å². The Bertz CT molecular complexity index is 1180. The van der Waals surface area contributed by atoms with Crippen LogP contribution in [0.25, 0.3) is 11.0 Å².